The largest absolute Gasteiger partial charge is 0.497 e. The van der Waals surface area contributed by atoms with E-state index in [1.165, 1.54) is 0 Å². The van der Waals surface area contributed by atoms with Gasteiger partial charge < -0.3 is 15.8 Å². The van der Waals surface area contributed by atoms with Crippen molar-refractivity contribution < 1.29 is 4.74 Å². The quantitative estimate of drug-likeness (QED) is 0.873. The van der Waals surface area contributed by atoms with Crippen LogP contribution in [0.4, 0.5) is 5.69 Å². The smallest absolute Gasteiger partial charge is 0.119 e. The van der Waals surface area contributed by atoms with Crippen molar-refractivity contribution in [3.8, 4) is 5.75 Å². The lowest BCUT2D eigenvalue weighted by atomic mass is 10.1. The van der Waals surface area contributed by atoms with E-state index in [-0.39, 0.29) is 6.04 Å². The second kappa shape index (κ2) is 6.84. The Kier molecular flexibility index (Phi) is 5.12. The van der Waals surface area contributed by atoms with Crippen LogP contribution < -0.4 is 15.8 Å². The highest BCUT2D eigenvalue weighted by Crippen LogP contribution is 2.31. The number of nitrogens with one attached hydrogen (secondary N) is 1. The minimum absolute atomic E-state index is 0.102. The fourth-order valence-corrected chi connectivity index (χ4v) is 2.38. The second-order valence-corrected chi connectivity index (χ2v) is 5.09. The van der Waals surface area contributed by atoms with E-state index in [1.807, 2.05) is 36.4 Å². The lowest BCUT2D eigenvalue weighted by Crippen LogP contribution is -2.21. The normalized spacial score (nSPS) is 12.0. The average Bonchev–Trinajstić information content (AvgIpc) is 2.48. The standard InChI is InChI=1S/C15H16Cl2N2O/c1-20-11-7-5-10(6-8-11)19-14(9-18)12-3-2-4-13(16)15(12)17/h2-8,14,19H,9,18H2,1H3. The number of anilines is 1. The summed E-state index contributed by atoms with van der Waals surface area (Å²) >= 11 is 12.3. The van der Waals surface area contributed by atoms with Crippen LogP contribution in [0.15, 0.2) is 42.5 Å². The molecule has 0 spiro atoms. The van der Waals surface area contributed by atoms with E-state index in [2.05, 4.69) is 5.32 Å². The number of hydrogen-bond acceptors (Lipinski definition) is 3. The third-order valence-corrected chi connectivity index (χ3v) is 3.86. The van der Waals surface area contributed by atoms with E-state index in [9.17, 15) is 0 Å². The van der Waals surface area contributed by atoms with Gasteiger partial charge in [-0.2, -0.15) is 0 Å². The SMILES string of the molecule is COc1ccc(NC(CN)c2cccc(Cl)c2Cl)cc1. The molecule has 2 rings (SSSR count). The van der Waals surface area contributed by atoms with E-state index in [1.54, 1.807) is 13.2 Å². The maximum absolute atomic E-state index is 6.23. The zero-order valence-corrected chi connectivity index (χ0v) is 12.6. The van der Waals surface area contributed by atoms with Gasteiger partial charge in [0.15, 0.2) is 0 Å². The van der Waals surface area contributed by atoms with Crippen molar-refractivity contribution >= 4 is 28.9 Å². The summed E-state index contributed by atoms with van der Waals surface area (Å²) in [6.07, 6.45) is 0. The lowest BCUT2D eigenvalue weighted by Gasteiger charge is -2.20. The van der Waals surface area contributed by atoms with E-state index in [0.717, 1.165) is 17.0 Å². The molecule has 0 aromatic heterocycles. The van der Waals surface area contributed by atoms with Crippen LogP contribution in [0.1, 0.15) is 11.6 Å². The predicted octanol–water partition coefficient (Wildman–Crippen LogP) is 4.11. The number of hydrogen-bond donors (Lipinski definition) is 2. The van der Waals surface area contributed by atoms with Crippen molar-refractivity contribution in [3.63, 3.8) is 0 Å². The van der Waals surface area contributed by atoms with Crippen molar-refractivity contribution in [2.75, 3.05) is 19.0 Å². The molecule has 0 radical (unpaired) electrons. The van der Waals surface area contributed by atoms with Crippen LogP contribution in [0.3, 0.4) is 0 Å². The molecule has 0 aliphatic rings. The first-order valence-electron chi connectivity index (χ1n) is 6.20. The van der Waals surface area contributed by atoms with Crippen LogP contribution in [0.5, 0.6) is 5.75 Å². The van der Waals surface area contributed by atoms with Crippen molar-refractivity contribution in [1.82, 2.24) is 0 Å². The highest BCUT2D eigenvalue weighted by atomic mass is 35.5. The number of rotatable bonds is 5. The van der Waals surface area contributed by atoms with Gasteiger partial charge in [0, 0.05) is 12.2 Å². The topological polar surface area (TPSA) is 47.3 Å². The molecule has 3 nitrogen and oxygen atoms in total. The van der Waals surface area contributed by atoms with Crippen molar-refractivity contribution in [2.45, 2.75) is 6.04 Å². The van der Waals surface area contributed by atoms with Gasteiger partial charge in [0.25, 0.3) is 0 Å². The Morgan fingerprint density at radius 1 is 1.15 bits per heavy atom. The summed E-state index contributed by atoms with van der Waals surface area (Å²) in [5.74, 6) is 0.806. The molecule has 1 atom stereocenters. The summed E-state index contributed by atoms with van der Waals surface area (Å²) < 4.78 is 5.13. The molecule has 0 heterocycles. The molecular weight excluding hydrogens is 295 g/mol. The third-order valence-electron chi connectivity index (χ3n) is 3.02. The van der Waals surface area contributed by atoms with Crippen molar-refractivity contribution in [2.24, 2.45) is 5.73 Å². The molecule has 0 bridgehead atoms. The monoisotopic (exact) mass is 310 g/mol. The Labute approximate surface area is 128 Å². The van der Waals surface area contributed by atoms with Crippen LogP contribution in [0.2, 0.25) is 10.0 Å². The Morgan fingerprint density at radius 2 is 1.85 bits per heavy atom. The molecule has 0 saturated carbocycles. The highest BCUT2D eigenvalue weighted by Gasteiger charge is 2.14. The summed E-state index contributed by atoms with van der Waals surface area (Å²) in [7, 11) is 1.64. The molecule has 20 heavy (non-hydrogen) atoms. The molecule has 0 aliphatic heterocycles. The van der Waals surface area contributed by atoms with Gasteiger partial charge in [0.2, 0.25) is 0 Å². The predicted molar refractivity (Wildman–Crippen MR) is 84.9 cm³/mol. The van der Waals surface area contributed by atoms with E-state index >= 15 is 0 Å². The van der Waals surface area contributed by atoms with Crippen LogP contribution in [-0.2, 0) is 0 Å². The summed E-state index contributed by atoms with van der Waals surface area (Å²) in [5.41, 5.74) is 7.67. The molecule has 3 N–H and O–H groups in total. The number of benzene rings is 2. The van der Waals surface area contributed by atoms with Gasteiger partial charge in [-0.25, -0.2) is 0 Å². The van der Waals surface area contributed by atoms with Gasteiger partial charge in [0.1, 0.15) is 5.75 Å². The Hall–Kier alpha value is -1.42. The Bertz CT molecular complexity index is 573. The van der Waals surface area contributed by atoms with Crippen LogP contribution in [-0.4, -0.2) is 13.7 Å². The lowest BCUT2D eigenvalue weighted by molar-refractivity contribution is 0.415. The first-order chi connectivity index (χ1) is 9.65. The van der Waals surface area contributed by atoms with E-state index < -0.39 is 0 Å². The maximum Gasteiger partial charge on any atom is 0.119 e. The summed E-state index contributed by atoms with van der Waals surface area (Å²) in [6.45, 7) is 0.409. The number of ether oxygens (including phenoxy) is 1. The first kappa shape index (κ1) is 15.0. The minimum Gasteiger partial charge on any atom is -0.497 e. The van der Waals surface area contributed by atoms with Crippen LogP contribution in [0.25, 0.3) is 0 Å². The van der Waals surface area contributed by atoms with Gasteiger partial charge in [-0.05, 0) is 35.9 Å². The van der Waals surface area contributed by atoms with E-state index in [4.69, 9.17) is 33.7 Å². The summed E-state index contributed by atoms with van der Waals surface area (Å²) in [5, 5.41) is 4.40. The molecule has 2 aromatic carbocycles. The fourth-order valence-electron chi connectivity index (χ4n) is 1.94. The molecule has 0 fully saturated rings. The second-order valence-electron chi connectivity index (χ2n) is 4.30. The maximum atomic E-state index is 6.23. The molecule has 5 heteroatoms. The molecule has 106 valence electrons. The van der Waals surface area contributed by atoms with Gasteiger partial charge >= 0.3 is 0 Å². The number of methoxy groups -OCH3 is 1. The van der Waals surface area contributed by atoms with Gasteiger partial charge in [0.05, 0.1) is 23.2 Å². The van der Waals surface area contributed by atoms with Gasteiger partial charge in [-0.15, -0.1) is 0 Å². The Morgan fingerprint density at radius 3 is 2.45 bits per heavy atom. The van der Waals surface area contributed by atoms with Gasteiger partial charge in [-0.1, -0.05) is 35.3 Å². The molecule has 2 aromatic rings. The van der Waals surface area contributed by atoms with Crippen LogP contribution in [0, 0.1) is 0 Å². The van der Waals surface area contributed by atoms with Gasteiger partial charge in [-0.3, -0.25) is 0 Å². The minimum atomic E-state index is -0.102. The summed E-state index contributed by atoms with van der Waals surface area (Å²) in [6, 6.07) is 13.1. The fraction of sp³-hybridized carbons (Fsp3) is 0.200. The highest BCUT2D eigenvalue weighted by molar-refractivity contribution is 6.42. The summed E-state index contributed by atoms with van der Waals surface area (Å²) in [4.78, 5) is 0. The molecule has 1 unspecified atom stereocenters. The molecule has 0 saturated heterocycles. The Balaban J connectivity index is 2.21. The molecular formula is C15H16Cl2N2O. The van der Waals surface area contributed by atoms with Crippen LogP contribution >= 0.6 is 23.2 Å². The molecule has 0 amide bonds. The zero-order valence-electron chi connectivity index (χ0n) is 11.1. The van der Waals surface area contributed by atoms with Crippen molar-refractivity contribution in [1.29, 1.82) is 0 Å². The van der Waals surface area contributed by atoms with E-state index in [0.29, 0.717) is 16.6 Å². The number of halogens is 2. The van der Waals surface area contributed by atoms with Crippen molar-refractivity contribution in [3.05, 3.63) is 58.1 Å². The number of nitrogens with two attached hydrogens (primary N) is 1. The zero-order chi connectivity index (χ0) is 14.5. The average molecular weight is 311 g/mol. The first-order valence-corrected chi connectivity index (χ1v) is 6.96. The molecule has 0 aliphatic carbocycles. The third kappa shape index (κ3) is 3.37.